The summed E-state index contributed by atoms with van der Waals surface area (Å²) < 4.78 is 23.0. The van der Waals surface area contributed by atoms with Crippen molar-refractivity contribution in [2.45, 2.75) is 44.6 Å². The Morgan fingerprint density at radius 1 is 1.15 bits per heavy atom. The Hall–Kier alpha value is -2.47. The number of carbonyl (C=O) groups is 1. The third-order valence-electron chi connectivity index (χ3n) is 4.77. The predicted octanol–water partition coefficient (Wildman–Crippen LogP) is 3.02. The highest BCUT2D eigenvalue weighted by Crippen LogP contribution is 2.34. The van der Waals surface area contributed by atoms with Gasteiger partial charge in [0.25, 0.3) is 5.91 Å². The molecule has 0 saturated carbocycles. The molecule has 1 fully saturated rings. The van der Waals surface area contributed by atoms with Crippen LogP contribution in [0.5, 0.6) is 11.5 Å². The lowest BCUT2D eigenvalue weighted by Crippen LogP contribution is -2.51. The lowest BCUT2D eigenvalue weighted by atomic mass is 10.1. The molecule has 0 N–H and O–H groups in total. The van der Waals surface area contributed by atoms with Gasteiger partial charge in [-0.1, -0.05) is 12.1 Å². The first-order valence-electron chi connectivity index (χ1n) is 9.06. The number of hydrogen-bond donors (Lipinski definition) is 0. The number of rotatable bonds is 5. The maximum atomic E-state index is 13.3. The SMILES string of the molecule is CC1Oc2ccccc2OC1C(=O)N(Cc1ccco1)CC1CCCO1. The number of nitrogens with zero attached hydrogens (tertiary/aromatic N) is 1. The molecule has 3 unspecified atom stereocenters. The van der Waals surface area contributed by atoms with Crippen LogP contribution in [-0.4, -0.2) is 42.3 Å². The van der Waals surface area contributed by atoms with Crippen LogP contribution in [0, 0.1) is 0 Å². The fraction of sp³-hybridized carbons (Fsp3) is 0.450. The van der Waals surface area contributed by atoms with E-state index < -0.39 is 6.10 Å². The second kappa shape index (κ2) is 7.41. The number of ether oxygens (including phenoxy) is 3. The second-order valence-electron chi connectivity index (χ2n) is 6.74. The third kappa shape index (κ3) is 3.55. The molecule has 6 heteroatoms. The number of carbonyl (C=O) groups excluding carboxylic acids is 1. The average molecular weight is 357 g/mol. The molecule has 6 nitrogen and oxygen atoms in total. The van der Waals surface area contributed by atoms with Gasteiger partial charge in [0.2, 0.25) is 6.10 Å². The minimum absolute atomic E-state index is 0.0565. The van der Waals surface area contributed by atoms with Gasteiger partial charge in [0.15, 0.2) is 11.5 Å². The highest BCUT2D eigenvalue weighted by Gasteiger charge is 2.38. The maximum Gasteiger partial charge on any atom is 0.268 e. The van der Waals surface area contributed by atoms with E-state index in [0.29, 0.717) is 24.6 Å². The van der Waals surface area contributed by atoms with Crippen molar-refractivity contribution in [3.05, 3.63) is 48.4 Å². The summed E-state index contributed by atoms with van der Waals surface area (Å²) >= 11 is 0. The molecule has 1 aromatic heterocycles. The summed E-state index contributed by atoms with van der Waals surface area (Å²) in [4.78, 5) is 15.0. The Labute approximate surface area is 152 Å². The van der Waals surface area contributed by atoms with Crippen molar-refractivity contribution < 1.29 is 23.4 Å². The normalized spacial score (nSPS) is 24.4. The van der Waals surface area contributed by atoms with E-state index in [1.165, 1.54) is 0 Å². The first kappa shape index (κ1) is 17.0. The minimum atomic E-state index is -0.693. The monoisotopic (exact) mass is 357 g/mol. The van der Waals surface area contributed by atoms with E-state index in [1.807, 2.05) is 43.3 Å². The van der Waals surface area contributed by atoms with Crippen molar-refractivity contribution in [3.63, 3.8) is 0 Å². The summed E-state index contributed by atoms with van der Waals surface area (Å²) in [6.07, 6.45) is 2.59. The molecule has 0 spiro atoms. The molecule has 0 radical (unpaired) electrons. The number of hydrogen-bond acceptors (Lipinski definition) is 5. The predicted molar refractivity (Wildman–Crippen MR) is 94.0 cm³/mol. The zero-order chi connectivity index (χ0) is 17.9. The van der Waals surface area contributed by atoms with Crippen molar-refractivity contribution in [3.8, 4) is 11.5 Å². The van der Waals surface area contributed by atoms with Crippen LogP contribution in [0.1, 0.15) is 25.5 Å². The largest absolute Gasteiger partial charge is 0.482 e. The van der Waals surface area contributed by atoms with Crippen molar-refractivity contribution in [2.24, 2.45) is 0 Å². The van der Waals surface area contributed by atoms with Crippen LogP contribution >= 0.6 is 0 Å². The molecular weight excluding hydrogens is 334 g/mol. The molecule has 1 amide bonds. The van der Waals surface area contributed by atoms with E-state index in [4.69, 9.17) is 18.6 Å². The van der Waals surface area contributed by atoms with Crippen molar-refractivity contribution in [1.29, 1.82) is 0 Å². The molecule has 3 atom stereocenters. The van der Waals surface area contributed by atoms with E-state index in [2.05, 4.69) is 0 Å². The van der Waals surface area contributed by atoms with Gasteiger partial charge >= 0.3 is 0 Å². The summed E-state index contributed by atoms with van der Waals surface area (Å²) in [5.41, 5.74) is 0. The van der Waals surface area contributed by atoms with Gasteiger partial charge in [0.05, 0.1) is 18.9 Å². The van der Waals surface area contributed by atoms with E-state index in [-0.39, 0.29) is 18.1 Å². The quantitative estimate of drug-likeness (QED) is 0.823. The first-order chi connectivity index (χ1) is 12.7. The van der Waals surface area contributed by atoms with Crippen LogP contribution < -0.4 is 9.47 Å². The van der Waals surface area contributed by atoms with Gasteiger partial charge in [-0.15, -0.1) is 0 Å². The lowest BCUT2D eigenvalue weighted by molar-refractivity contribution is -0.147. The molecular formula is C20H23NO5. The number of fused-ring (bicyclic) bond motifs is 1. The van der Waals surface area contributed by atoms with Crippen LogP contribution in [0.15, 0.2) is 47.1 Å². The topological polar surface area (TPSA) is 61.1 Å². The average Bonchev–Trinajstić information content (AvgIpc) is 3.34. The molecule has 2 aliphatic rings. The molecule has 2 aromatic rings. The highest BCUT2D eigenvalue weighted by molar-refractivity contribution is 5.82. The van der Waals surface area contributed by atoms with Crippen molar-refractivity contribution >= 4 is 5.91 Å². The number of benzene rings is 1. The standard InChI is InChI=1S/C20H23NO5/c1-14-19(26-18-9-3-2-8-17(18)25-14)20(22)21(12-15-6-4-10-23-15)13-16-7-5-11-24-16/h2-4,6,8-10,14,16,19H,5,7,11-13H2,1H3. The van der Waals surface area contributed by atoms with Gasteiger partial charge in [-0.2, -0.15) is 0 Å². The van der Waals surface area contributed by atoms with E-state index in [1.54, 1.807) is 11.2 Å². The van der Waals surface area contributed by atoms with E-state index in [9.17, 15) is 4.79 Å². The Balaban J connectivity index is 1.53. The summed E-state index contributed by atoms with van der Waals surface area (Å²) in [6.45, 7) is 3.52. The molecule has 0 bridgehead atoms. The fourth-order valence-corrected chi connectivity index (χ4v) is 3.43. The van der Waals surface area contributed by atoms with E-state index in [0.717, 1.165) is 25.2 Å². The Kier molecular flexibility index (Phi) is 4.84. The second-order valence-corrected chi connectivity index (χ2v) is 6.74. The van der Waals surface area contributed by atoms with Gasteiger partial charge in [0, 0.05) is 13.2 Å². The zero-order valence-corrected chi connectivity index (χ0v) is 14.8. The van der Waals surface area contributed by atoms with Crippen LogP contribution in [0.3, 0.4) is 0 Å². The third-order valence-corrected chi connectivity index (χ3v) is 4.77. The summed E-state index contributed by atoms with van der Waals surface area (Å²) in [5.74, 6) is 1.89. The van der Waals surface area contributed by atoms with Gasteiger partial charge < -0.3 is 23.5 Å². The van der Waals surface area contributed by atoms with Crippen LogP contribution in [0.4, 0.5) is 0 Å². The van der Waals surface area contributed by atoms with Crippen molar-refractivity contribution in [2.75, 3.05) is 13.2 Å². The van der Waals surface area contributed by atoms with Crippen molar-refractivity contribution in [1.82, 2.24) is 4.90 Å². The van der Waals surface area contributed by atoms with Crippen LogP contribution in [-0.2, 0) is 16.1 Å². The Morgan fingerprint density at radius 2 is 1.96 bits per heavy atom. The van der Waals surface area contributed by atoms with Crippen LogP contribution in [0.25, 0.3) is 0 Å². The zero-order valence-electron chi connectivity index (χ0n) is 14.8. The molecule has 138 valence electrons. The van der Waals surface area contributed by atoms with Gasteiger partial charge in [-0.05, 0) is 44.0 Å². The van der Waals surface area contributed by atoms with E-state index >= 15 is 0 Å². The molecule has 2 aliphatic heterocycles. The fourth-order valence-electron chi connectivity index (χ4n) is 3.43. The maximum absolute atomic E-state index is 13.3. The van der Waals surface area contributed by atoms with Gasteiger partial charge in [0.1, 0.15) is 11.9 Å². The van der Waals surface area contributed by atoms with Gasteiger partial charge in [-0.3, -0.25) is 4.79 Å². The Morgan fingerprint density at radius 3 is 2.65 bits per heavy atom. The summed E-state index contributed by atoms with van der Waals surface area (Å²) in [7, 11) is 0. The smallest absolute Gasteiger partial charge is 0.268 e. The minimum Gasteiger partial charge on any atom is -0.482 e. The highest BCUT2D eigenvalue weighted by atomic mass is 16.6. The van der Waals surface area contributed by atoms with Gasteiger partial charge in [-0.25, -0.2) is 0 Å². The molecule has 4 rings (SSSR count). The first-order valence-corrected chi connectivity index (χ1v) is 9.06. The number of furan rings is 1. The molecule has 1 saturated heterocycles. The molecule has 3 heterocycles. The molecule has 26 heavy (non-hydrogen) atoms. The number of para-hydroxylation sites is 2. The lowest BCUT2D eigenvalue weighted by Gasteiger charge is -2.35. The number of amides is 1. The van der Waals surface area contributed by atoms with Crippen LogP contribution in [0.2, 0.25) is 0 Å². The summed E-state index contributed by atoms with van der Waals surface area (Å²) in [5, 5.41) is 0. The molecule has 0 aliphatic carbocycles. The molecule has 1 aromatic carbocycles. The summed E-state index contributed by atoms with van der Waals surface area (Å²) in [6, 6.07) is 11.1. The Bertz CT molecular complexity index is 738.